The van der Waals surface area contributed by atoms with E-state index in [1.165, 1.54) is 11.8 Å². The first kappa shape index (κ1) is 26.0. The van der Waals surface area contributed by atoms with Gasteiger partial charge in [-0.1, -0.05) is 86.3 Å². The summed E-state index contributed by atoms with van der Waals surface area (Å²) in [5.41, 5.74) is 1.92. The topological polar surface area (TPSA) is 123 Å². The van der Waals surface area contributed by atoms with Crippen molar-refractivity contribution in [3.63, 3.8) is 0 Å². The van der Waals surface area contributed by atoms with Gasteiger partial charge in [-0.25, -0.2) is 4.79 Å². The third-order valence-electron chi connectivity index (χ3n) is 4.79. The predicted octanol–water partition coefficient (Wildman–Crippen LogP) is 4.00. The smallest absolute Gasteiger partial charge is 0.407 e. The minimum absolute atomic E-state index is 0.0878. The Morgan fingerprint density at radius 2 is 1.63 bits per heavy atom. The van der Waals surface area contributed by atoms with Crippen molar-refractivity contribution in [1.29, 1.82) is 0 Å². The Balaban J connectivity index is 1.50. The van der Waals surface area contributed by atoms with Crippen LogP contribution in [0.3, 0.4) is 0 Å². The number of alkyl carbamates (subject to hydrolysis) is 1. The quantitative estimate of drug-likeness (QED) is 0.285. The van der Waals surface area contributed by atoms with Crippen LogP contribution in [0.1, 0.15) is 42.1 Å². The summed E-state index contributed by atoms with van der Waals surface area (Å²) in [4.78, 5) is 37.3. The lowest BCUT2D eigenvalue weighted by molar-refractivity contribution is -0.120. The number of nitrogens with one attached hydrogen (secondary N) is 2. The lowest BCUT2D eigenvalue weighted by atomic mass is 10.00. The number of thioether (sulfide) groups is 1. The number of carbonyl (C=O) groups is 3. The van der Waals surface area contributed by atoms with E-state index in [1.54, 1.807) is 0 Å². The van der Waals surface area contributed by atoms with Crippen LogP contribution in [-0.2, 0) is 21.9 Å². The van der Waals surface area contributed by atoms with E-state index in [1.807, 2.05) is 74.5 Å². The van der Waals surface area contributed by atoms with Crippen LogP contribution in [0.25, 0.3) is 0 Å². The first-order valence-electron chi connectivity index (χ1n) is 11.2. The van der Waals surface area contributed by atoms with E-state index in [4.69, 9.17) is 9.15 Å². The summed E-state index contributed by atoms with van der Waals surface area (Å²) in [6, 6.07) is 18.1. The van der Waals surface area contributed by atoms with E-state index in [0.717, 1.165) is 11.1 Å². The van der Waals surface area contributed by atoms with Crippen LogP contribution in [0.4, 0.5) is 4.79 Å². The minimum atomic E-state index is -0.864. The van der Waals surface area contributed by atoms with Gasteiger partial charge in [0.1, 0.15) is 13.2 Å². The van der Waals surface area contributed by atoms with E-state index < -0.39 is 23.8 Å². The van der Waals surface area contributed by atoms with Gasteiger partial charge in [-0.2, -0.15) is 0 Å². The van der Waals surface area contributed by atoms with Crippen LogP contribution < -0.4 is 10.6 Å². The molecule has 0 spiro atoms. The molecular formula is C25H28N4O5S. The zero-order valence-corrected chi connectivity index (χ0v) is 20.4. The Labute approximate surface area is 208 Å². The van der Waals surface area contributed by atoms with E-state index in [2.05, 4.69) is 20.8 Å². The SMILES string of the molecule is CC(C)C[C@H](NC(=O)CNC(=O)OCc1ccccc1)C(=O)c1nnc(SCc2ccccc2)o1. The summed E-state index contributed by atoms with van der Waals surface area (Å²) < 4.78 is 10.6. The van der Waals surface area contributed by atoms with Crippen LogP contribution in [0.15, 0.2) is 70.3 Å². The zero-order valence-electron chi connectivity index (χ0n) is 19.6. The minimum Gasteiger partial charge on any atom is -0.445 e. The van der Waals surface area contributed by atoms with Gasteiger partial charge in [0.2, 0.25) is 11.7 Å². The van der Waals surface area contributed by atoms with Crippen molar-refractivity contribution >= 4 is 29.5 Å². The molecule has 3 rings (SSSR count). The Morgan fingerprint density at radius 3 is 2.29 bits per heavy atom. The first-order valence-corrected chi connectivity index (χ1v) is 12.2. The monoisotopic (exact) mass is 496 g/mol. The molecule has 1 aromatic heterocycles. The third-order valence-corrected chi connectivity index (χ3v) is 5.68. The number of carbonyl (C=O) groups excluding carboxylic acids is 3. The lowest BCUT2D eigenvalue weighted by Crippen LogP contribution is -2.46. The van der Waals surface area contributed by atoms with Gasteiger partial charge >= 0.3 is 6.09 Å². The molecule has 0 saturated heterocycles. The molecule has 0 fully saturated rings. The van der Waals surface area contributed by atoms with Crippen LogP contribution in [-0.4, -0.2) is 40.6 Å². The number of Topliss-reactive ketones (excluding diaryl/α,β-unsaturated/α-hetero) is 1. The summed E-state index contributed by atoms with van der Waals surface area (Å²) in [6.07, 6.45) is -0.356. The van der Waals surface area contributed by atoms with Gasteiger partial charge in [-0.3, -0.25) is 9.59 Å². The van der Waals surface area contributed by atoms with Crippen LogP contribution in [0, 0.1) is 5.92 Å². The summed E-state index contributed by atoms with van der Waals surface area (Å²) >= 11 is 1.32. The maximum Gasteiger partial charge on any atom is 0.407 e. The summed E-state index contributed by atoms with van der Waals surface area (Å²) in [5, 5.41) is 13.1. The molecule has 184 valence electrons. The van der Waals surface area contributed by atoms with Crippen LogP contribution in [0.2, 0.25) is 0 Å². The molecule has 0 radical (unpaired) electrons. The average Bonchev–Trinajstić information content (AvgIpc) is 3.34. The number of amides is 2. The van der Waals surface area contributed by atoms with Gasteiger partial charge in [-0.15, -0.1) is 10.2 Å². The van der Waals surface area contributed by atoms with Gasteiger partial charge in [0.05, 0.1) is 6.04 Å². The van der Waals surface area contributed by atoms with Gasteiger partial charge in [0.15, 0.2) is 0 Å². The number of benzene rings is 2. The molecular weight excluding hydrogens is 468 g/mol. The molecule has 0 aliphatic heterocycles. The van der Waals surface area contributed by atoms with Crippen molar-refractivity contribution in [3.8, 4) is 0 Å². The zero-order chi connectivity index (χ0) is 25.0. The number of aromatic nitrogens is 2. The maximum absolute atomic E-state index is 13.0. The third kappa shape index (κ3) is 8.90. The largest absolute Gasteiger partial charge is 0.445 e. The lowest BCUT2D eigenvalue weighted by Gasteiger charge is -2.18. The van der Waals surface area contributed by atoms with E-state index in [0.29, 0.717) is 12.2 Å². The molecule has 10 heteroatoms. The molecule has 2 N–H and O–H groups in total. The van der Waals surface area contributed by atoms with E-state index in [9.17, 15) is 14.4 Å². The van der Waals surface area contributed by atoms with Crippen molar-refractivity contribution in [2.75, 3.05) is 6.54 Å². The number of hydrogen-bond acceptors (Lipinski definition) is 8. The molecule has 2 amide bonds. The van der Waals surface area contributed by atoms with Crippen LogP contribution >= 0.6 is 11.8 Å². The Morgan fingerprint density at radius 1 is 0.971 bits per heavy atom. The molecule has 0 saturated carbocycles. The van der Waals surface area contributed by atoms with Crippen molar-refractivity contribution < 1.29 is 23.5 Å². The van der Waals surface area contributed by atoms with Crippen LogP contribution in [0.5, 0.6) is 0 Å². The highest BCUT2D eigenvalue weighted by atomic mass is 32.2. The van der Waals surface area contributed by atoms with E-state index >= 15 is 0 Å². The first-order chi connectivity index (χ1) is 16.9. The van der Waals surface area contributed by atoms with Gasteiger partial charge in [0, 0.05) is 5.75 Å². The molecule has 2 aromatic carbocycles. The molecule has 9 nitrogen and oxygen atoms in total. The fourth-order valence-corrected chi connectivity index (χ4v) is 3.83. The van der Waals surface area contributed by atoms with Gasteiger partial charge in [-0.05, 0) is 23.5 Å². The highest BCUT2D eigenvalue weighted by molar-refractivity contribution is 7.98. The number of ketones is 1. The molecule has 1 heterocycles. The standard InChI is InChI=1S/C25H28N4O5S/c1-17(2)13-20(27-21(30)14-26-24(32)33-15-18-9-5-3-6-10-18)22(31)23-28-29-25(34-23)35-16-19-11-7-4-8-12-19/h3-12,17,20H,13-16H2,1-2H3,(H,26,32)(H,27,30)/t20-/m0/s1. The van der Waals surface area contributed by atoms with Gasteiger partial charge < -0.3 is 19.8 Å². The second kappa shape index (κ2) is 13.3. The molecule has 0 aliphatic carbocycles. The van der Waals surface area contributed by atoms with Crippen molar-refractivity contribution in [2.24, 2.45) is 5.92 Å². The second-order valence-electron chi connectivity index (χ2n) is 8.18. The molecule has 1 atom stereocenters. The summed E-state index contributed by atoms with van der Waals surface area (Å²) in [6.45, 7) is 3.61. The number of nitrogens with zero attached hydrogens (tertiary/aromatic N) is 2. The average molecular weight is 497 g/mol. The number of ether oxygens (including phenoxy) is 1. The Kier molecular flexibility index (Phi) is 9.85. The van der Waals surface area contributed by atoms with E-state index in [-0.39, 0.29) is 30.2 Å². The maximum atomic E-state index is 13.0. The molecule has 0 aliphatic rings. The number of hydrogen-bond donors (Lipinski definition) is 2. The fraction of sp³-hybridized carbons (Fsp3) is 0.320. The fourth-order valence-electron chi connectivity index (χ4n) is 3.11. The molecule has 35 heavy (non-hydrogen) atoms. The Bertz CT molecular complexity index is 1110. The highest BCUT2D eigenvalue weighted by Gasteiger charge is 2.28. The normalized spacial score (nSPS) is 11.6. The molecule has 0 unspecified atom stereocenters. The van der Waals surface area contributed by atoms with Gasteiger partial charge in [0.25, 0.3) is 11.1 Å². The molecule has 3 aromatic rings. The molecule has 0 bridgehead atoms. The van der Waals surface area contributed by atoms with Crippen molar-refractivity contribution in [1.82, 2.24) is 20.8 Å². The van der Waals surface area contributed by atoms with Crippen molar-refractivity contribution in [2.45, 2.75) is 43.9 Å². The predicted molar refractivity (Wildman–Crippen MR) is 131 cm³/mol. The Hall–Kier alpha value is -3.66. The second-order valence-corrected chi connectivity index (χ2v) is 9.10. The summed E-state index contributed by atoms with van der Waals surface area (Å²) in [7, 11) is 0. The highest BCUT2D eigenvalue weighted by Crippen LogP contribution is 2.22. The number of rotatable bonds is 12. The summed E-state index contributed by atoms with van der Waals surface area (Å²) in [5.74, 6) is -0.434. The van der Waals surface area contributed by atoms with Crippen molar-refractivity contribution in [3.05, 3.63) is 77.7 Å².